The van der Waals surface area contributed by atoms with Gasteiger partial charge in [-0.05, 0) is 53.1 Å². The van der Waals surface area contributed by atoms with Gasteiger partial charge in [0.25, 0.3) is 5.91 Å². The Kier molecular flexibility index (Phi) is 7.50. The second-order valence-electron chi connectivity index (χ2n) is 9.86. The molecule has 0 unspecified atom stereocenters. The predicted molar refractivity (Wildman–Crippen MR) is 152 cm³/mol. The molecule has 0 aliphatic heterocycles. The first-order chi connectivity index (χ1) is 18.9. The van der Waals surface area contributed by atoms with Crippen molar-refractivity contribution in [3.05, 3.63) is 115 Å². The first-order valence-corrected chi connectivity index (χ1v) is 12.9. The van der Waals surface area contributed by atoms with Crippen LogP contribution in [0.1, 0.15) is 24.2 Å². The van der Waals surface area contributed by atoms with Gasteiger partial charge in [0.1, 0.15) is 18.2 Å². The summed E-state index contributed by atoms with van der Waals surface area (Å²) < 4.78 is 15.2. The summed E-state index contributed by atoms with van der Waals surface area (Å²) in [6.45, 7) is 4.31. The lowest BCUT2D eigenvalue weighted by Crippen LogP contribution is -2.40. The topological polar surface area (TPSA) is 67.2 Å². The molecule has 39 heavy (non-hydrogen) atoms. The lowest BCUT2D eigenvalue weighted by atomic mass is 10.1. The first kappa shape index (κ1) is 25.9. The average Bonchev–Trinajstić information content (AvgIpc) is 3.36. The Bertz CT molecular complexity index is 1610. The van der Waals surface area contributed by atoms with Crippen molar-refractivity contribution < 1.29 is 14.0 Å². The van der Waals surface area contributed by atoms with Crippen LogP contribution in [0.2, 0.25) is 0 Å². The molecule has 0 aliphatic rings. The van der Waals surface area contributed by atoms with Crippen LogP contribution in [-0.2, 0) is 4.79 Å². The van der Waals surface area contributed by atoms with Crippen LogP contribution in [0.3, 0.4) is 0 Å². The van der Waals surface area contributed by atoms with Gasteiger partial charge in [-0.15, -0.1) is 0 Å². The minimum absolute atomic E-state index is 0.126. The summed E-state index contributed by atoms with van der Waals surface area (Å²) in [7, 11) is 0. The monoisotopic (exact) mass is 520 g/mol. The van der Waals surface area contributed by atoms with Gasteiger partial charge >= 0.3 is 0 Å². The molecule has 5 aromatic rings. The van der Waals surface area contributed by atoms with E-state index in [2.05, 4.69) is 10.4 Å². The number of nitrogens with zero attached hydrogens (tertiary/aromatic N) is 3. The molecule has 0 radical (unpaired) electrons. The molecule has 1 N–H and O–H groups in total. The predicted octanol–water partition coefficient (Wildman–Crippen LogP) is 6.57. The zero-order chi connectivity index (χ0) is 27.4. The van der Waals surface area contributed by atoms with E-state index in [1.807, 2.05) is 80.6 Å². The molecule has 0 spiro atoms. The molecule has 1 aromatic heterocycles. The Morgan fingerprint density at radius 1 is 0.872 bits per heavy atom. The lowest BCUT2D eigenvalue weighted by molar-refractivity contribution is -0.117. The smallest absolute Gasteiger partial charge is 0.254 e. The van der Waals surface area contributed by atoms with E-state index in [1.54, 1.807) is 33.8 Å². The fourth-order valence-corrected chi connectivity index (χ4v) is 4.52. The minimum atomic E-state index is -0.365. The molecule has 5 rings (SSSR count). The Morgan fingerprint density at radius 2 is 1.56 bits per heavy atom. The van der Waals surface area contributed by atoms with E-state index < -0.39 is 0 Å². The van der Waals surface area contributed by atoms with Crippen molar-refractivity contribution in [2.75, 3.05) is 18.4 Å². The van der Waals surface area contributed by atoms with E-state index in [0.717, 1.165) is 16.3 Å². The SMILES string of the molecule is CC(C)CN(CC(=O)Nc1cc(-c2ccccc2)nn1-c1ccc(F)cc1)C(=O)c1ccc2ccccc2c1. The van der Waals surface area contributed by atoms with Gasteiger partial charge in [0.05, 0.1) is 11.4 Å². The number of hydrogen-bond donors (Lipinski definition) is 1. The first-order valence-electron chi connectivity index (χ1n) is 12.9. The van der Waals surface area contributed by atoms with Gasteiger partial charge < -0.3 is 10.2 Å². The molecule has 2 amide bonds. The van der Waals surface area contributed by atoms with Crippen molar-refractivity contribution in [3.63, 3.8) is 0 Å². The molecular weight excluding hydrogens is 491 g/mol. The summed E-state index contributed by atoms with van der Waals surface area (Å²) in [6.07, 6.45) is 0. The van der Waals surface area contributed by atoms with Crippen LogP contribution >= 0.6 is 0 Å². The molecule has 196 valence electrons. The number of carbonyl (C=O) groups is 2. The van der Waals surface area contributed by atoms with Gasteiger partial charge in [0, 0.05) is 23.7 Å². The average molecular weight is 521 g/mol. The highest BCUT2D eigenvalue weighted by atomic mass is 19.1. The number of nitrogens with one attached hydrogen (secondary N) is 1. The quantitative estimate of drug-likeness (QED) is 0.252. The second kappa shape index (κ2) is 11.3. The summed E-state index contributed by atoms with van der Waals surface area (Å²) >= 11 is 0. The van der Waals surface area contributed by atoms with Gasteiger partial charge in [-0.25, -0.2) is 9.07 Å². The maximum Gasteiger partial charge on any atom is 0.254 e. The molecule has 0 atom stereocenters. The van der Waals surface area contributed by atoms with E-state index in [0.29, 0.717) is 29.3 Å². The molecule has 0 fully saturated rings. The molecule has 0 bridgehead atoms. The van der Waals surface area contributed by atoms with Crippen LogP contribution in [0.25, 0.3) is 27.7 Å². The van der Waals surface area contributed by atoms with E-state index in [4.69, 9.17) is 0 Å². The third-order valence-electron chi connectivity index (χ3n) is 6.32. The van der Waals surface area contributed by atoms with E-state index >= 15 is 0 Å². The fourth-order valence-electron chi connectivity index (χ4n) is 4.52. The van der Waals surface area contributed by atoms with Crippen LogP contribution in [-0.4, -0.2) is 39.6 Å². The standard InChI is InChI=1S/C32H29FN4O2/c1-22(2)20-36(32(39)26-13-12-23-8-6-7-11-25(23)18-26)21-31(38)34-30-19-29(24-9-4-3-5-10-24)35-37(30)28-16-14-27(33)15-17-28/h3-19,22H,20-21H2,1-2H3,(H,34,38). The van der Waals surface area contributed by atoms with Crippen LogP contribution in [0.5, 0.6) is 0 Å². The van der Waals surface area contributed by atoms with Gasteiger partial charge in [0.2, 0.25) is 5.91 Å². The molecule has 1 heterocycles. The highest BCUT2D eigenvalue weighted by Crippen LogP contribution is 2.25. The second-order valence-corrected chi connectivity index (χ2v) is 9.86. The number of rotatable bonds is 8. The molecule has 4 aromatic carbocycles. The van der Waals surface area contributed by atoms with Crippen LogP contribution in [0, 0.1) is 11.7 Å². The zero-order valence-electron chi connectivity index (χ0n) is 21.8. The third-order valence-corrected chi connectivity index (χ3v) is 6.32. The molecule has 7 heteroatoms. The summed E-state index contributed by atoms with van der Waals surface area (Å²) in [5.41, 5.74) is 2.66. The number of anilines is 1. The summed E-state index contributed by atoms with van der Waals surface area (Å²) in [5.74, 6) is -0.338. The molecule has 0 aliphatic carbocycles. The number of aromatic nitrogens is 2. The van der Waals surface area contributed by atoms with Gasteiger partial charge in [-0.3, -0.25) is 9.59 Å². The number of fused-ring (bicyclic) bond motifs is 1. The van der Waals surface area contributed by atoms with Crippen molar-refractivity contribution in [2.45, 2.75) is 13.8 Å². The Balaban J connectivity index is 1.41. The van der Waals surface area contributed by atoms with Gasteiger partial charge in [-0.2, -0.15) is 5.10 Å². The summed E-state index contributed by atoms with van der Waals surface area (Å²) in [4.78, 5) is 28.4. The van der Waals surface area contributed by atoms with Crippen LogP contribution in [0.15, 0.2) is 103 Å². The highest BCUT2D eigenvalue weighted by molar-refractivity contribution is 6.01. The van der Waals surface area contributed by atoms with E-state index in [1.165, 1.54) is 12.1 Å². The van der Waals surface area contributed by atoms with Crippen LogP contribution < -0.4 is 5.32 Å². The summed E-state index contributed by atoms with van der Waals surface area (Å²) in [5, 5.41) is 9.61. The van der Waals surface area contributed by atoms with Crippen molar-refractivity contribution in [3.8, 4) is 16.9 Å². The van der Waals surface area contributed by atoms with Gasteiger partial charge in [0.15, 0.2) is 0 Å². The van der Waals surface area contributed by atoms with Crippen LogP contribution in [0.4, 0.5) is 10.2 Å². The van der Waals surface area contributed by atoms with Crippen molar-refractivity contribution in [1.82, 2.24) is 14.7 Å². The molecular formula is C32H29FN4O2. The number of hydrogen-bond acceptors (Lipinski definition) is 3. The van der Waals surface area contributed by atoms with E-state index in [9.17, 15) is 14.0 Å². The maximum absolute atomic E-state index is 13.6. The van der Waals surface area contributed by atoms with Crippen molar-refractivity contribution >= 4 is 28.4 Å². The summed E-state index contributed by atoms with van der Waals surface area (Å²) in [6, 6.07) is 30.7. The fraction of sp³-hybridized carbons (Fsp3) is 0.156. The Hall–Kier alpha value is -4.78. The Labute approximate surface area is 226 Å². The largest absolute Gasteiger partial charge is 0.329 e. The highest BCUT2D eigenvalue weighted by Gasteiger charge is 2.22. The number of carbonyl (C=O) groups excluding carboxylic acids is 2. The Morgan fingerprint density at radius 3 is 2.28 bits per heavy atom. The van der Waals surface area contributed by atoms with Gasteiger partial charge in [-0.1, -0.05) is 74.5 Å². The molecule has 0 saturated heterocycles. The maximum atomic E-state index is 13.6. The number of amides is 2. The molecule has 6 nitrogen and oxygen atoms in total. The third kappa shape index (κ3) is 6.04. The number of halogens is 1. The normalized spacial score (nSPS) is 11.1. The van der Waals surface area contributed by atoms with E-state index in [-0.39, 0.29) is 30.1 Å². The number of benzene rings is 4. The minimum Gasteiger partial charge on any atom is -0.329 e. The van der Waals surface area contributed by atoms with Crippen molar-refractivity contribution in [1.29, 1.82) is 0 Å². The lowest BCUT2D eigenvalue weighted by Gasteiger charge is -2.24. The van der Waals surface area contributed by atoms with Crippen molar-refractivity contribution in [2.24, 2.45) is 5.92 Å². The molecule has 0 saturated carbocycles. The zero-order valence-corrected chi connectivity index (χ0v) is 21.8.